The molecule has 0 aliphatic rings. The molecule has 6 amide bonds. The number of carbonyl (C=O) groups is 7. The van der Waals surface area contributed by atoms with E-state index in [1.54, 1.807) is 42.5 Å². The SMILES string of the molecule is CC(C)C[C@H](NC(=O)[C@@H](NC(=O)CCCCCCCCCCCCCCC(=O)N[C@@H](CC(N)=O)C(=O)N[C@@H](Cc1ccccc1)C(=O)O)[C@H](C)O)C(=O)NCCc1ccc(N)cc1. The molecule has 2 rings (SSSR count). The van der Waals surface area contributed by atoms with Gasteiger partial charge in [-0.3, -0.25) is 28.8 Å². The predicted molar refractivity (Wildman–Crippen MR) is 243 cm³/mol. The number of nitrogens with two attached hydrogens (primary N) is 2. The predicted octanol–water partition coefficient (Wildman–Crippen LogP) is 3.96. The number of carboxylic acid groups (broad SMARTS) is 1. The van der Waals surface area contributed by atoms with Crippen molar-refractivity contribution in [3.05, 3.63) is 65.7 Å². The molecule has 63 heavy (non-hydrogen) atoms. The number of unbranched alkanes of at least 4 members (excludes halogenated alkanes) is 11. The van der Waals surface area contributed by atoms with Gasteiger partial charge in [-0.25, -0.2) is 4.79 Å². The van der Waals surface area contributed by atoms with Crippen LogP contribution in [0.25, 0.3) is 0 Å². The van der Waals surface area contributed by atoms with Crippen LogP contribution in [0, 0.1) is 5.92 Å². The van der Waals surface area contributed by atoms with E-state index in [4.69, 9.17) is 11.5 Å². The van der Waals surface area contributed by atoms with Gasteiger partial charge < -0.3 is 48.3 Å². The zero-order valence-electron chi connectivity index (χ0n) is 37.5. The van der Waals surface area contributed by atoms with E-state index in [1.165, 1.54) is 6.92 Å². The molecular formula is C47H73N7O9. The van der Waals surface area contributed by atoms with E-state index in [-0.39, 0.29) is 37.0 Å². The third-order valence-corrected chi connectivity index (χ3v) is 10.6. The second-order valence-electron chi connectivity index (χ2n) is 16.9. The number of hydrogen-bond donors (Lipinski definition) is 9. The van der Waals surface area contributed by atoms with Gasteiger partial charge in [-0.1, -0.05) is 121 Å². The summed E-state index contributed by atoms with van der Waals surface area (Å²) in [5.41, 5.74) is 13.4. The summed E-state index contributed by atoms with van der Waals surface area (Å²) >= 11 is 0. The van der Waals surface area contributed by atoms with Crippen LogP contribution in [0.15, 0.2) is 54.6 Å². The number of benzene rings is 2. The highest BCUT2D eigenvalue weighted by molar-refractivity contribution is 5.94. The van der Waals surface area contributed by atoms with Crippen molar-refractivity contribution < 1.29 is 43.8 Å². The molecule has 16 heteroatoms. The number of anilines is 1. The summed E-state index contributed by atoms with van der Waals surface area (Å²) in [6.07, 6.45) is 11.2. The number of aliphatic carboxylic acids is 1. The molecule has 0 aliphatic heterocycles. The number of primary amides is 1. The third kappa shape index (κ3) is 24.1. The van der Waals surface area contributed by atoms with Gasteiger partial charge in [-0.15, -0.1) is 0 Å². The van der Waals surface area contributed by atoms with Gasteiger partial charge in [0, 0.05) is 31.5 Å². The lowest BCUT2D eigenvalue weighted by molar-refractivity contribution is -0.142. The fourth-order valence-electron chi connectivity index (χ4n) is 7.09. The van der Waals surface area contributed by atoms with Gasteiger partial charge in [0.1, 0.15) is 24.2 Å². The maximum Gasteiger partial charge on any atom is 0.326 e. The van der Waals surface area contributed by atoms with Crippen LogP contribution in [0.5, 0.6) is 0 Å². The molecular weight excluding hydrogens is 807 g/mol. The standard InChI is InChI=1S/C47H73N7O9/c1-32(2)29-37(44(59)50-28-27-34-23-25-36(48)26-24-34)52-46(61)43(33(3)55)54-42(58)22-18-13-11-9-7-5-4-6-8-10-12-17-21-41(57)51-38(31-40(49)56)45(60)53-39(47(62)63)30-35-19-15-14-16-20-35/h14-16,19-20,23-26,32-33,37-39,43,55H,4-13,17-18,21-22,27-31,48H2,1-3H3,(H2,49,56)(H,50,59)(H,51,57)(H,52,61)(H,53,60)(H,54,58)(H,62,63)/t33-,37-,38-,39-,43-/m0/s1. The van der Waals surface area contributed by atoms with E-state index in [2.05, 4.69) is 26.6 Å². The Morgan fingerprint density at radius 3 is 1.59 bits per heavy atom. The summed E-state index contributed by atoms with van der Waals surface area (Å²) in [6.45, 7) is 5.71. The largest absolute Gasteiger partial charge is 0.480 e. The number of carboxylic acids is 1. The third-order valence-electron chi connectivity index (χ3n) is 10.6. The van der Waals surface area contributed by atoms with Crippen molar-refractivity contribution in [3.63, 3.8) is 0 Å². The molecule has 0 heterocycles. The lowest BCUT2D eigenvalue weighted by atomic mass is 10.0. The smallest absolute Gasteiger partial charge is 0.326 e. The van der Waals surface area contributed by atoms with Crippen LogP contribution in [-0.4, -0.2) is 88.4 Å². The van der Waals surface area contributed by atoms with E-state index in [0.717, 1.165) is 69.8 Å². The molecule has 0 saturated carbocycles. The highest BCUT2D eigenvalue weighted by atomic mass is 16.4. The monoisotopic (exact) mass is 880 g/mol. The normalized spacial score (nSPS) is 13.5. The summed E-state index contributed by atoms with van der Waals surface area (Å²) in [5.74, 6) is -4.37. The Morgan fingerprint density at radius 1 is 0.587 bits per heavy atom. The molecule has 0 unspecified atom stereocenters. The second-order valence-corrected chi connectivity index (χ2v) is 16.9. The van der Waals surface area contributed by atoms with Crippen molar-refractivity contribution in [2.75, 3.05) is 12.3 Å². The number of aliphatic hydroxyl groups is 1. The molecule has 0 aliphatic carbocycles. The van der Waals surface area contributed by atoms with Gasteiger partial charge >= 0.3 is 5.97 Å². The van der Waals surface area contributed by atoms with Crippen LogP contribution in [0.1, 0.15) is 135 Å². The molecule has 2 aromatic rings. The van der Waals surface area contributed by atoms with Crippen molar-refractivity contribution in [1.29, 1.82) is 0 Å². The van der Waals surface area contributed by atoms with Crippen molar-refractivity contribution in [1.82, 2.24) is 26.6 Å². The minimum Gasteiger partial charge on any atom is -0.480 e. The number of carbonyl (C=O) groups excluding carboxylic acids is 6. The Balaban J connectivity index is 1.57. The second kappa shape index (κ2) is 30.5. The van der Waals surface area contributed by atoms with Gasteiger partial charge in [0.05, 0.1) is 12.5 Å². The number of rotatable bonds is 33. The first-order valence-corrected chi connectivity index (χ1v) is 22.6. The highest BCUT2D eigenvalue weighted by Gasteiger charge is 2.31. The Hall–Kier alpha value is -5.51. The first-order chi connectivity index (χ1) is 30.0. The molecule has 0 bridgehead atoms. The van der Waals surface area contributed by atoms with E-state index in [9.17, 15) is 43.8 Å². The van der Waals surface area contributed by atoms with Gasteiger partial charge in [-0.05, 0) is 61.8 Å². The number of nitrogen functional groups attached to an aromatic ring is 1. The molecule has 0 radical (unpaired) electrons. The maximum atomic E-state index is 13.2. The number of amides is 6. The zero-order valence-corrected chi connectivity index (χ0v) is 37.5. The van der Waals surface area contributed by atoms with Crippen molar-refractivity contribution in [2.45, 2.75) is 167 Å². The van der Waals surface area contributed by atoms with Crippen molar-refractivity contribution >= 4 is 47.1 Å². The molecule has 2 aromatic carbocycles. The lowest BCUT2D eigenvalue weighted by Crippen LogP contribution is -2.57. The van der Waals surface area contributed by atoms with Crippen LogP contribution in [-0.2, 0) is 46.4 Å². The van der Waals surface area contributed by atoms with E-state index in [1.807, 2.05) is 26.0 Å². The fraction of sp³-hybridized carbons (Fsp3) is 0.596. The molecule has 5 atom stereocenters. The number of nitrogens with one attached hydrogen (secondary N) is 5. The quantitative estimate of drug-likeness (QED) is 0.0368. The van der Waals surface area contributed by atoms with Crippen LogP contribution < -0.4 is 38.1 Å². The van der Waals surface area contributed by atoms with Crippen LogP contribution in [0.2, 0.25) is 0 Å². The maximum absolute atomic E-state index is 13.2. The first kappa shape index (κ1) is 53.6. The van der Waals surface area contributed by atoms with Crippen molar-refractivity contribution in [3.8, 4) is 0 Å². The van der Waals surface area contributed by atoms with E-state index in [0.29, 0.717) is 43.5 Å². The number of hydrogen-bond acceptors (Lipinski definition) is 9. The zero-order chi connectivity index (χ0) is 46.6. The Kier molecular flexibility index (Phi) is 26.0. The highest BCUT2D eigenvalue weighted by Crippen LogP contribution is 2.14. The van der Waals surface area contributed by atoms with Gasteiger partial charge in [0.25, 0.3) is 0 Å². The van der Waals surface area contributed by atoms with Gasteiger partial charge in [-0.2, -0.15) is 0 Å². The van der Waals surface area contributed by atoms with Crippen LogP contribution in [0.4, 0.5) is 5.69 Å². The molecule has 16 nitrogen and oxygen atoms in total. The van der Waals surface area contributed by atoms with E-state index < -0.39 is 66.3 Å². The van der Waals surface area contributed by atoms with Crippen LogP contribution in [0.3, 0.4) is 0 Å². The average Bonchev–Trinajstić information content (AvgIpc) is 3.22. The van der Waals surface area contributed by atoms with Gasteiger partial charge in [0.2, 0.25) is 35.4 Å². The van der Waals surface area contributed by atoms with E-state index >= 15 is 0 Å². The average molecular weight is 880 g/mol. The molecule has 0 fully saturated rings. The Labute approximate surface area is 372 Å². The molecule has 0 spiro atoms. The topological polar surface area (TPSA) is 272 Å². The Morgan fingerprint density at radius 2 is 1.10 bits per heavy atom. The summed E-state index contributed by atoms with van der Waals surface area (Å²) in [6, 6.07) is 11.7. The fourth-order valence-corrected chi connectivity index (χ4v) is 7.09. The Bertz CT molecular complexity index is 1710. The molecule has 0 aromatic heterocycles. The van der Waals surface area contributed by atoms with Crippen molar-refractivity contribution in [2.24, 2.45) is 11.7 Å². The minimum absolute atomic E-state index is 0.0405. The first-order valence-electron chi connectivity index (χ1n) is 22.6. The summed E-state index contributed by atoms with van der Waals surface area (Å²) < 4.78 is 0. The molecule has 350 valence electrons. The molecule has 11 N–H and O–H groups in total. The van der Waals surface area contributed by atoms with Gasteiger partial charge in [0.15, 0.2) is 0 Å². The molecule has 0 saturated heterocycles. The summed E-state index contributed by atoms with van der Waals surface area (Å²) in [5, 5.41) is 33.2. The van der Waals surface area contributed by atoms with Crippen LogP contribution >= 0.6 is 0 Å². The summed E-state index contributed by atoms with van der Waals surface area (Å²) in [7, 11) is 0. The lowest BCUT2D eigenvalue weighted by Gasteiger charge is -2.25. The summed E-state index contributed by atoms with van der Waals surface area (Å²) in [4.78, 5) is 87.8. The number of aliphatic hydroxyl groups excluding tert-OH is 1. The minimum atomic E-state index is -1.27.